The number of rotatable bonds is 4. The smallest absolute Gasteiger partial charge is 0.191 e. The van der Waals surface area contributed by atoms with Crippen LogP contribution in [0.3, 0.4) is 0 Å². The second kappa shape index (κ2) is 8.61. The van der Waals surface area contributed by atoms with Crippen molar-refractivity contribution in [2.75, 3.05) is 18.6 Å². The predicted octanol–water partition coefficient (Wildman–Crippen LogP) is 0.942. The molecular weight excluding hydrogens is 455 g/mol. The molecule has 1 fully saturated rings. The van der Waals surface area contributed by atoms with E-state index in [2.05, 4.69) is 30.8 Å². The maximum atomic E-state index is 11.5. The number of hydrogen-bond acceptors (Lipinski definition) is 5. The Balaban J connectivity index is 0.00000225. The largest absolute Gasteiger partial charge is 0.353 e. The monoisotopic (exact) mass is 476 g/mol. The van der Waals surface area contributed by atoms with Gasteiger partial charge in [-0.15, -0.1) is 24.0 Å². The lowest BCUT2D eigenvalue weighted by atomic mass is 10.1. The molecule has 136 valence electrons. The summed E-state index contributed by atoms with van der Waals surface area (Å²) < 4.78 is 23.1. The standard InChI is InChI=1S/C15H20N6O2S.HI/c1-16-15(20-13-5-6-24(22,23)9-13)17-8-11-3-2-4-12(7-11)14-18-10-19-21-14;/h2-4,7,10,13H,5-6,8-9H2,1H3,(H2,16,17,20)(H,18,19,21);1H. The van der Waals surface area contributed by atoms with Crippen molar-refractivity contribution in [1.29, 1.82) is 0 Å². The molecule has 25 heavy (non-hydrogen) atoms. The van der Waals surface area contributed by atoms with Crippen LogP contribution in [0.15, 0.2) is 35.6 Å². The molecule has 0 radical (unpaired) electrons. The maximum Gasteiger partial charge on any atom is 0.191 e. The fourth-order valence-corrected chi connectivity index (χ4v) is 4.33. The fraction of sp³-hybridized carbons (Fsp3) is 0.400. The first-order valence-electron chi connectivity index (χ1n) is 7.68. The van der Waals surface area contributed by atoms with Gasteiger partial charge in [-0.05, 0) is 18.1 Å². The molecule has 3 N–H and O–H groups in total. The van der Waals surface area contributed by atoms with Gasteiger partial charge in [0.2, 0.25) is 0 Å². The van der Waals surface area contributed by atoms with E-state index < -0.39 is 9.84 Å². The molecule has 10 heteroatoms. The first kappa shape index (κ1) is 19.6. The third kappa shape index (κ3) is 5.39. The summed E-state index contributed by atoms with van der Waals surface area (Å²) in [5.74, 6) is 1.72. The van der Waals surface area contributed by atoms with Crippen LogP contribution in [0.5, 0.6) is 0 Å². The van der Waals surface area contributed by atoms with Gasteiger partial charge in [0.1, 0.15) is 6.33 Å². The van der Waals surface area contributed by atoms with Crippen LogP contribution in [0.2, 0.25) is 0 Å². The molecule has 0 spiro atoms. The van der Waals surface area contributed by atoms with Crippen LogP contribution in [-0.4, -0.2) is 54.2 Å². The number of H-pyrrole nitrogens is 1. The molecule has 3 rings (SSSR count). The molecule has 1 unspecified atom stereocenters. The van der Waals surface area contributed by atoms with E-state index in [0.29, 0.717) is 18.9 Å². The quantitative estimate of drug-likeness (QED) is 0.344. The fourth-order valence-electron chi connectivity index (χ4n) is 2.66. The highest BCUT2D eigenvalue weighted by Gasteiger charge is 2.28. The molecule has 1 aliphatic heterocycles. The molecule has 2 aromatic rings. The van der Waals surface area contributed by atoms with E-state index in [1.165, 1.54) is 6.33 Å². The van der Waals surface area contributed by atoms with Gasteiger partial charge >= 0.3 is 0 Å². The predicted molar refractivity (Wildman–Crippen MR) is 108 cm³/mol. The van der Waals surface area contributed by atoms with Gasteiger partial charge in [0.25, 0.3) is 0 Å². The Morgan fingerprint density at radius 1 is 1.44 bits per heavy atom. The molecule has 0 saturated carbocycles. The zero-order valence-corrected chi connectivity index (χ0v) is 16.9. The second-order valence-electron chi connectivity index (χ2n) is 5.70. The van der Waals surface area contributed by atoms with Crippen LogP contribution in [0.25, 0.3) is 11.4 Å². The molecule has 1 aromatic heterocycles. The van der Waals surface area contributed by atoms with Gasteiger partial charge in [-0.25, -0.2) is 13.4 Å². The highest BCUT2D eigenvalue weighted by Crippen LogP contribution is 2.15. The van der Waals surface area contributed by atoms with Crippen molar-refractivity contribution in [2.24, 2.45) is 4.99 Å². The molecule has 2 heterocycles. The average Bonchev–Trinajstić information content (AvgIpc) is 3.21. The van der Waals surface area contributed by atoms with Crippen LogP contribution >= 0.6 is 24.0 Å². The van der Waals surface area contributed by atoms with Gasteiger partial charge in [-0.3, -0.25) is 10.1 Å². The number of guanidine groups is 1. The Morgan fingerprint density at radius 3 is 2.92 bits per heavy atom. The highest BCUT2D eigenvalue weighted by atomic mass is 127. The lowest BCUT2D eigenvalue weighted by Crippen LogP contribution is -2.43. The lowest BCUT2D eigenvalue weighted by molar-refractivity contribution is 0.599. The van der Waals surface area contributed by atoms with Crippen LogP contribution in [0.1, 0.15) is 12.0 Å². The molecule has 0 aliphatic carbocycles. The number of aromatic nitrogens is 3. The molecule has 0 bridgehead atoms. The molecular formula is C15H21IN6O2S. The van der Waals surface area contributed by atoms with Crippen LogP contribution in [-0.2, 0) is 16.4 Å². The molecule has 1 saturated heterocycles. The summed E-state index contributed by atoms with van der Waals surface area (Å²) in [6.07, 6.45) is 2.09. The summed E-state index contributed by atoms with van der Waals surface area (Å²) in [5.41, 5.74) is 2.02. The Labute approximate surface area is 163 Å². The SMILES string of the molecule is CN=C(NCc1cccc(-c2ncn[nH]2)c1)NC1CCS(=O)(=O)C1.I. The van der Waals surface area contributed by atoms with Crippen LogP contribution in [0, 0.1) is 0 Å². The van der Waals surface area contributed by atoms with Crippen molar-refractivity contribution in [3.63, 3.8) is 0 Å². The summed E-state index contributed by atoms with van der Waals surface area (Å²) in [6, 6.07) is 7.84. The topological polar surface area (TPSA) is 112 Å². The zero-order chi connectivity index (χ0) is 17.0. The second-order valence-corrected chi connectivity index (χ2v) is 7.93. The van der Waals surface area contributed by atoms with Gasteiger partial charge in [0.15, 0.2) is 21.6 Å². The van der Waals surface area contributed by atoms with E-state index in [0.717, 1.165) is 17.0 Å². The Bertz CT molecular complexity index is 822. The first-order valence-corrected chi connectivity index (χ1v) is 9.50. The number of aliphatic imine (C=N–C) groups is 1. The van der Waals surface area contributed by atoms with E-state index >= 15 is 0 Å². The van der Waals surface area contributed by atoms with Crippen molar-refractivity contribution in [3.8, 4) is 11.4 Å². The van der Waals surface area contributed by atoms with Crippen molar-refractivity contribution < 1.29 is 8.42 Å². The van der Waals surface area contributed by atoms with Crippen molar-refractivity contribution in [3.05, 3.63) is 36.2 Å². The molecule has 1 aliphatic rings. The molecule has 1 atom stereocenters. The number of sulfone groups is 1. The summed E-state index contributed by atoms with van der Waals surface area (Å²) in [4.78, 5) is 8.30. The average molecular weight is 476 g/mol. The van der Waals surface area contributed by atoms with E-state index in [1.807, 2.05) is 24.3 Å². The summed E-state index contributed by atoms with van der Waals surface area (Å²) >= 11 is 0. The zero-order valence-electron chi connectivity index (χ0n) is 13.8. The van der Waals surface area contributed by atoms with E-state index in [-0.39, 0.29) is 41.5 Å². The highest BCUT2D eigenvalue weighted by molar-refractivity contribution is 14.0. The summed E-state index contributed by atoms with van der Waals surface area (Å²) in [6.45, 7) is 0.571. The van der Waals surface area contributed by atoms with Gasteiger partial charge in [-0.2, -0.15) is 5.10 Å². The van der Waals surface area contributed by atoms with Crippen LogP contribution in [0.4, 0.5) is 0 Å². The van der Waals surface area contributed by atoms with Gasteiger partial charge < -0.3 is 10.6 Å². The lowest BCUT2D eigenvalue weighted by Gasteiger charge is -2.16. The van der Waals surface area contributed by atoms with Crippen molar-refractivity contribution in [1.82, 2.24) is 25.8 Å². The third-order valence-corrected chi connectivity index (χ3v) is 5.64. The summed E-state index contributed by atoms with van der Waals surface area (Å²) in [7, 11) is -1.24. The van der Waals surface area contributed by atoms with E-state index in [1.54, 1.807) is 7.05 Å². The Kier molecular flexibility index (Phi) is 6.76. The third-order valence-electron chi connectivity index (χ3n) is 3.87. The van der Waals surface area contributed by atoms with E-state index in [9.17, 15) is 8.42 Å². The number of nitrogens with one attached hydrogen (secondary N) is 3. The van der Waals surface area contributed by atoms with E-state index in [4.69, 9.17) is 0 Å². The van der Waals surface area contributed by atoms with Gasteiger partial charge in [0.05, 0.1) is 11.5 Å². The number of aromatic amines is 1. The number of halogens is 1. The summed E-state index contributed by atoms with van der Waals surface area (Å²) in [5, 5.41) is 13.1. The van der Waals surface area contributed by atoms with Gasteiger partial charge in [-0.1, -0.05) is 18.2 Å². The minimum absolute atomic E-state index is 0. The Hall–Kier alpha value is -1.69. The molecule has 8 nitrogen and oxygen atoms in total. The molecule has 1 aromatic carbocycles. The van der Waals surface area contributed by atoms with Crippen molar-refractivity contribution in [2.45, 2.75) is 19.0 Å². The maximum absolute atomic E-state index is 11.5. The van der Waals surface area contributed by atoms with Crippen LogP contribution < -0.4 is 10.6 Å². The normalized spacial score (nSPS) is 19.2. The number of benzene rings is 1. The number of hydrogen-bond donors (Lipinski definition) is 3. The molecule has 0 amide bonds. The van der Waals surface area contributed by atoms with Crippen molar-refractivity contribution >= 4 is 39.8 Å². The Morgan fingerprint density at radius 2 is 2.28 bits per heavy atom. The first-order chi connectivity index (χ1) is 11.6. The number of nitrogens with zero attached hydrogens (tertiary/aromatic N) is 3. The minimum atomic E-state index is -2.91. The van der Waals surface area contributed by atoms with Gasteiger partial charge in [0, 0.05) is 25.2 Å². The minimum Gasteiger partial charge on any atom is -0.353 e.